The van der Waals surface area contributed by atoms with Crippen molar-refractivity contribution in [1.29, 1.82) is 0 Å². The van der Waals surface area contributed by atoms with E-state index in [0.717, 1.165) is 0 Å². The van der Waals surface area contributed by atoms with Crippen LogP contribution in [0.4, 0.5) is 0 Å². The molecule has 0 aromatic heterocycles. The van der Waals surface area contributed by atoms with E-state index in [-0.39, 0.29) is 23.6 Å². The van der Waals surface area contributed by atoms with Crippen molar-refractivity contribution in [3.63, 3.8) is 0 Å². The number of aliphatic carboxylic acids is 1. The standard InChI is InChI=1S/C13H15BrClNO4/c1-13(7-20-2,6-10(17)18)16-12(19)8-4-3-5-9(14)11(8)15/h3-5H,6-7H2,1-2H3,(H,16,19)(H,17,18). The number of hydrogen-bond acceptors (Lipinski definition) is 3. The number of benzene rings is 1. The molecule has 0 aliphatic rings. The second kappa shape index (κ2) is 7.06. The van der Waals surface area contributed by atoms with Crippen molar-refractivity contribution in [2.75, 3.05) is 13.7 Å². The fourth-order valence-corrected chi connectivity index (χ4v) is 2.38. The lowest BCUT2D eigenvalue weighted by molar-refractivity contribution is -0.139. The van der Waals surface area contributed by atoms with Crippen LogP contribution in [0.15, 0.2) is 22.7 Å². The topological polar surface area (TPSA) is 75.6 Å². The van der Waals surface area contributed by atoms with E-state index >= 15 is 0 Å². The third-order valence-corrected chi connectivity index (χ3v) is 3.91. The molecule has 110 valence electrons. The number of rotatable bonds is 6. The van der Waals surface area contributed by atoms with E-state index in [2.05, 4.69) is 21.2 Å². The van der Waals surface area contributed by atoms with Crippen molar-refractivity contribution in [3.05, 3.63) is 33.3 Å². The Balaban J connectivity index is 2.96. The highest BCUT2D eigenvalue weighted by Gasteiger charge is 2.30. The van der Waals surface area contributed by atoms with Gasteiger partial charge in [-0.2, -0.15) is 0 Å². The summed E-state index contributed by atoms with van der Waals surface area (Å²) in [5.41, 5.74) is -0.739. The van der Waals surface area contributed by atoms with Crippen molar-refractivity contribution in [2.45, 2.75) is 18.9 Å². The quantitative estimate of drug-likeness (QED) is 0.814. The lowest BCUT2D eigenvalue weighted by atomic mass is 9.98. The number of nitrogens with one attached hydrogen (secondary N) is 1. The number of carbonyl (C=O) groups excluding carboxylic acids is 1. The minimum Gasteiger partial charge on any atom is -0.481 e. The Morgan fingerprint density at radius 3 is 2.70 bits per heavy atom. The average Bonchev–Trinajstić information content (AvgIpc) is 2.31. The molecule has 1 atom stereocenters. The maximum absolute atomic E-state index is 12.2. The van der Waals surface area contributed by atoms with Crippen LogP contribution in [-0.2, 0) is 9.53 Å². The van der Waals surface area contributed by atoms with Crippen molar-refractivity contribution in [1.82, 2.24) is 5.32 Å². The van der Waals surface area contributed by atoms with Crippen LogP contribution in [0.1, 0.15) is 23.7 Å². The smallest absolute Gasteiger partial charge is 0.305 e. The second-order valence-electron chi connectivity index (χ2n) is 4.62. The van der Waals surface area contributed by atoms with Gasteiger partial charge >= 0.3 is 5.97 Å². The first-order valence-electron chi connectivity index (χ1n) is 5.76. The molecule has 0 aliphatic heterocycles. The molecular formula is C13H15BrClNO4. The summed E-state index contributed by atoms with van der Waals surface area (Å²) in [5, 5.41) is 11.9. The molecule has 0 heterocycles. The number of amides is 1. The van der Waals surface area contributed by atoms with Crippen molar-refractivity contribution < 1.29 is 19.4 Å². The van der Waals surface area contributed by atoms with Gasteiger partial charge in [0.1, 0.15) is 0 Å². The average molecular weight is 365 g/mol. The summed E-state index contributed by atoms with van der Waals surface area (Å²) < 4.78 is 5.57. The maximum Gasteiger partial charge on any atom is 0.305 e. The normalized spacial score (nSPS) is 13.6. The Morgan fingerprint density at radius 1 is 1.50 bits per heavy atom. The second-order valence-corrected chi connectivity index (χ2v) is 5.85. The van der Waals surface area contributed by atoms with E-state index in [1.165, 1.54) is 7.11 Å². The summed E-state index contributed by atoms with van der Waals surface area (Å²) in [7, 11) is 1.44. The van der Waals surface area contributed by atoms with Gasteiger partial charge < -0.3 is 15.2 Å². The molecule has 1 rings (SSSR count). The summed E-state index contributed by atoms with van der Waals surface area (Å²) in [5.74, 6) is -1.47. The van der Waals surface area contributed by atoms with Gasteiger partial charge in [0.25, 0.3) is 5.91 Å². The van der Waals surface area contributed by atoms with Crippen molar-refractivity contribution in [2.24, 2.45) is 0 Å². The number of hydrogen-bond donors (Lipinski definition) is 2. The summed E-state index contributed by atoms with van der Waals surface area (Å²) >= 11 is 9.28. The first-order chi connectivity index (χ1) is 9.29. The predicted octanol–water partition coefficient (Wildman–Crippen LogP) is 2.71. The van der Waals surface area contributed by atoms with Gasteiger partial charge in [0.2, 0.25) is 0 Å². The van der Waals surface area contributed by atoms with Crippen LogP contribution >= 0.6 is 27.5 Å². The molecule has 0 spiro atoms. The lowest BCUT2D eigenvalue weighted by Crippen LogP contribution is -2.50. The van der Waals surface area contributed by atoms with Gasteiger partial charge in [0.15, 0.2) is 0 Å². The Hall–Kier alpha value is -1.11. The summed E-state index contributed by atoms with van der Waals surface area (Å²) in [6.07, 6.45) is -0.252. The van der Waals surface area contributed by atoms with Gasteiger partial charge in [0, 0.05) is 11.6 Å². The van der Waals surface area contributed by atoms with Gasteiger partial charge in [-0.25, -0.2) is 0 Å². The van der Waals surface area contributed by atoms with E-state index < -0.39 is 17.4 Å². The first kappa shape index (κ1) is 16.9. The molecule has 0 aliphatic carbocycles. The molecule has 1 aromatic carbocycles. The maximum atomic E-state index is 12.2. The molecule has 0 saturated heterocycles. The Bertz CT molecular complexity index is 523. The van der Waals surface area contributed by atoms with E-state index in [1.54, 1.807) is 25.1 Å². The monoisotopic (exact) mass is 363 g/mol. The highest BCUT2D eigenvalue weighted by atomic mass is 79.9. The fourth-order valence-electron chi connectivity index (χ4n) is 1.80. The minimum atomic E-state index is -1.02. The first-order valence-corrected chi connectivity index (χ1v) is 6.93. The summed E-state index contributed by atoms with van der Waals surface area (Å²) in [6, 6.07) is 4.96. The third-order valence-electron chi connectivity index (χ3n) is 2.62. The van der Waals surface area contributed by atoms with Gasteiger partial charge in [-0.15, -0.1) is 0 Å². The van der Waals surface area contributed by atoms with Gasteiger partial charge in [0.05, 0.1) is 29.2 Å². The molecule has 1 aromatic rings. The third kappa shape index (κ3) is 4.47. The van der Waals surface area contributed by atoms with Gasteiger partial charge in [-0.1, -0.05) is 17.7 Å². The number of ether oxygens (including phenoxy) is 1. The molecule has 2 N–H and O–H groups in total. The van der Waals surface area contributed by atoms with Crippen LogP contribution in [0.2, 0.25) is 5.02 Å². The molecule has 1 amide bonds. The summed E-state index contributed by atoms with van der Waals surface area (Å²) in [6.45, 7) is 1.69. The summed E-state index contributed by atoms with van der Waals surface area (Å²) in [4.78, 5) is 23.1. The molecule has 0 saturated carbocycles. The predicted molar refractivity (Wildman–Crippen MR) is 79.2 cm³/mol. The number of carboxylic acids is 1. The zero-order chi connectivity index (χ0) is 15.3. The molecule has 20 heavy (non-hydrogen) atoms. The Morgan fingerprint density at radius 2 is 2.15 bits per heavy atom. The van der Waals surface area contributed by atoms with E-state index in [9.17, 15) is 9.59 Å². The number of carbonyl (C=O) groups is 2. The lowest BCUT2D eigenvalue weighted by Gasteiger charge is -2.28. The van der Waals surface area contributed by atoms with Crippen molar-refractivity contribution in [3.8, 4) is 0 Å². The van der Waals surface area contributed by atoms with E-state index in [4.69, 9.17) is 21.4 Å². The molecule has 1 unspecified atom stereocenters. The number of methoxy groups -OCH3 is 1. The molecule has 5 nitrogen and oxygen atoms in total. The SMILES string of the molecule is COCC(C)(CC(=O)O)NC(=O)c1cccc(Br)c1Cl. The molecule has 0 radical (unpaired) electrons. The van der Waals surface area contributed by atoms with Crippen LogP contribution in [-0.4, -0.2) is 36.2 Å². The van der Waals surface area contributed by atoms with Gasteiger partial charge in [-0.3, -0.25) is 9.59 Å². The number of carboxylic acid groups (broad SMARTS) is 1. The minimum absolute atomic E-state index is 0.0800. The highest BCUT2D eigenvalue weighted by Crippen LogP contribution is 2.26. The van der Waals surface area contributed by atoms with Crippen molar-refractivity contribution >= 4 is 39.4 Å². The molecule has 0 bridgehead atoms. The van der Waals surface area contributed by atoms with Crippen LogP contribution < -0.4 is 5.32 Å². The Kier molecular flexibility index (Phi) is 5.98. The fraction of sp³-hybridized carbons (Fsp3) is 0.385. The molecule has 0 fully saturated rings. The van der Waals surface area contributed by atoms with Crippen LogP contribution in [0.25, 0.3) is 0 Å². The van der Waals surface area contributed by atoms with Crippen LogP contribution in [0.3, 0.4) is 0 Å². The Labute approximate surface area is 130 Å². The van der Waals surface area contributed by atoms with E-state index in [0.29, 0.717) is 4.47 Å². The zero-order valence-electron chi connectivity index (χ0n) is 11.1. The van der Waals surface area contributed by atoms with Crippen LogP contribution in [0.5, 0.6) is 0 Å². The molecule has 7 heteroatoms. The zero-order valence-corrected chi connectivity index (χ0v) is 13.4. The van der Waals surface area contributed by atoms with Gasteiger partial charge in [-0.05, 0) is 35.0 Å². The van der Waals surface area contributed by atoms with Crippen LogP contribution in [0, 0.1) is 0 Å². The highest BCUT2D eigenvalue weighted by molar-refractivity contribution is 9.10. The molecular weight excluding hydrogens is 350 g/mol. The van der Waals surface area contributed by atoms with E-state index in [1.807, 2.05) is 0 Å². The largest absolute Gasteiger partial charge is 0.481 e. The number of halogens is 2.